The number of hydrogen-bond acceptors (Lipinski definition) is 3. The Bertz CT molecular complexity index is 825. The Balaban J connectivity index is 2.12. The molecule has 2 aromatic rings. The van der Waals surface area contributed by atoms with E-state index in [1.54, 1.807) is 19.1 Å². The fourth-order valence-corrected chi connectivity index (χ4v) is 3.06. The van der Waals surface area contributed by atoms with E-state index in [-0.39, 0.29) is 25.0 Å². The third-order valence-corrected chi connectivity index (χ3v) is 5.02. The number of hydrogen-bond donors (Lipinski definition) is 1. The number of carbonyl (C=O) groups is 2. The second-order valence-electron chi connectivity index (χ2n) is 7.04. The van der Waals surface area contributed by atoms with Crippen LogP contribution < -0.4 is 10.1 Å². The number of unbranched alkanes of at least 4 members (excludes halogenated alkanes) is 1. The SMILES string of the molecule is CCCCNC(=O)[C@@H](C)N(Cc1ccccc1Cl)C(=O)COc1cccc(C)c1. The lowest BCUT2D eigenvalue weighted by Gasteiger charge is -2.29. The van der Waals surface area contributed by atoms with Gasteiger partial charge in [-0.15, -0.1) is 0 Å². The van der Waals surface area contributed by atoms with Crippen molar-refractivity contribution >= 4 is 23.4 Å². The number of aryl methyl sites for hydroxylation is 1. The van der Waals surface area contributed by atoms with Crippen LogP contribution in [0.25, 0.3) is 0 Å². The third-order valence-electron chi connectivity index (χ3n) is 4.65. The molecule has 0 saturated heterocycles. The summed E-state index contributed by atoms with van der Waals surface area (Å²) in [7, 11) is 0. The molecule has 0 aromatic heterocycles. The monoisotopic (exact) mass is 416 g/mol. The summed E-state index contributed by atoms with van der Waals surface area (Å²) in [6.45, 7) is 6.42. The van der Waals surface area contributed by atoms with E-state index in [9.17, 15) is 9.59 Å². The predicted octanol–water partition coefficient (Wildman–Crippen LogP) is 4.36. The molecule has 5 nitrogen and oxygen atoms in total. The van der Waals surface area contributed by atoms with E-state index in [2.05, 4.69) is 12.2 Å². The van der Waals surface area contributed by atoms with Crippen molar-refractivity contribution in [2.24, 2.45) is 0 Å². The van der Waals surface area contributed by atoms with Gasteiger partial charge < -0.3 is 15.0 Å². The summed E-state index contributed by atoms with van der Waals surface area (Å²) in [6.07, 6.45) is 1.88. The summed E-state index contributed by atoms with van der Waals surface area (Å²) in [5, 5.41) is 3.45. The Labute approximate surface area is 178 Å². The van der Waals surface area contributed by atoms with Crippen molar-refractivity contribution in [3.8, 4) is 5.75 Å². The first-order valence-electron chi connectivity index (χ1n) is 9.92. The van der Waals surface area contributed by atoms with Crippen LogP contribution in [0.15, 0.2) is 48.5 Å². The van der Waals surface area contributed by atoms with Gasteiger partial charge in [0.2, 0.25) is 5.91 Å². The first-order valence-corrected chi connectivity index (χ1v) is 10.3. The molecule has 0 aliphatic carbocycles. The molecule has 0 spiro atoms. The van der Waals surface area contributed by atoms with Crippen molar-refractivity contribution in [1.29, 1.82) is 0 Å². The normalized spacial score (nSPS) is 11.6. The second-order valence-corrected chi connectivity index (χ2v) is 7.45. The van der Waals surface area contributed by atoms with Gasteiger partial charge in [0.1, 0.15) is 11.8 Å². The molecule has 2 rings (SSSR count). The second kappa shape index (κ2) is 11.5. The Morgan fingerprint density at radius 2 is 1.93 bits per heavy atom. The van der Waals surface area contributed by atoms with Gasteiger partial charge in [-0.1, -0.05) is 55.3 Å². The van der Waals surface area contributed by atoms with Gasteiger partial charge >= 0.3 is 0 Å². The smallest absolute Gasteiger partial charge is 0.261 e. The van der Waals surface area contributed by atoms with Crippen LogP contribution in [0.4, 0.5) is 0 Å². The number of nitrogens with zero attached hydrogens (tertiary/aromatic N) is 1. The van der Waals surface area contributed by atoms with Crippen molar-refractivity contribution in [1.82, 2.24) is 10.2 Å². The highest BCUT2D eigenvalue weighted by atomic mass is 35.5. The van der Waals surface area contributed by atoms with Crippen LogP contribution >= 0.6 is 11.6 Å². The average Bonchev–Trinajstić information content (AvgIpc) is 2.71. The van der Waals surface area contributed by atoms with Crippen LogP contribution in [0.2, 0.25) is 5.02 Å². The maximum Gasteiger partial charge on any atom is 0.261 e. The van der Waals surface area contributed by atoms with Gasteiger partial charge in [-0.3, -0.25) is 9.59 Å². The zero-order valence-electron chi connectivity index (χ0n) is 17.3. The van der Waals surface area contributed by atoms with Crippen molar-refractivity contribution in [3.05, 3.63) is 64.7 Å². The van der Waals surface area contributed by atoms with Crippen LogP contribution in [0.5, 0.6) is 5.75 Å². The topological polar surface area (TPSA) is 58.6 Å². The summed E-state index contributed by atoms with van der Waals surface area (Å²) in [6, 6.07) is 14.2. The van der Waals surface area contributed by atoms with Gasteiger partial charge in [0.05, 0.1) is 0 Å². The molecule has 2 amide bonds. The van der Waals surface area contributed by atoms with Crippen molar-refractivity contribution in [2.45, 2.75) is 46.2 Å². The van der Waals surface area contributed by atoms with Crippen LogP contribution in [-0.4, -0.2) is 35.9 Å². The number of amides is 2. The molecule has 1 atom stereocenters. The molecular weight excluding hydrogens is 388 g/mol. The van der Waals surface area contributed by atoms with Gasteiger partial charge in [-0.25, -0.2) is 0 Å². The fourth-order valence-electron chi connectivity index (χ4n) is 2.86. The Hall–Kier alpha value is -2.53. The third kappa shape index (κ3) is 7.09. The average molecular weight is 417 g/mol. The van der Waals surface area contributed by atoms with E-state index in [0.29, 0.717) is 17.3 Å². The predicted molar refractivity (Wildman–Crippen MR) is 116 cm³/mol. The molecular formula is C23H29ClN2O3. The number of benzene rings is 2. The highest BCUT2D eigenvalue weighted by Gasteiger charge is 2.26. The molecule has 0 unspecified atom stereocenters. The molecule has 1 N–H and O–H groups in total. The van der Waals surface area contributed by atoms with E-state index >= 15 is 0 Å². The van der Waals surface area contributed by atoms with Gasteiger partial charge in [0, 0.05) is 18.1 Å². The quantitative estimate of drug-likeness (QED) is 0.585. The zero-order valence-corrected chi connectivity index (χ0v) is 18.0. The van der Waals surface area contributed by atoms with E-state index in [1.807, 2.05) is 43.3 Å². The van der Waals surface area contributed by atoms with Gasteiger partial charge in [0.25, 0.3) is 5.91 Å². The Morgan fingerprint density at radius 3 is 2.62 bits per heavy atom. The molecule has 29 heavy (non-hydrogen) atoms. The molecule has 0 fully saturated rings. The Kier molecular flexibility index (Phi) is 9.00. The molecule has 0 saturated carbocycles. The standard InChI is InChI=1S/C23H29ClN2O3/c1-4-5-13-25-23(28)18(3)26(15-19-10-6-7-12-21(19)24)22(27)16-29-20-11-8-9-17(2)14-20/h6-12,14,18H,4-5,13,15-16H2,1-3H3,(H,25,28)/t18-/m1/s1. The summed E-state index contributed by atoms with van der Waals surface area (Å²) < 4.78 is 5.67. The van der Waals surface area contributed by atoms with Crippen LogP contribution in [0, 0.1) is 6.92 Å². The van der Waals surface area contributed by atoms with Crippen LogP contribution in [0.1, 0.15) is 37.8 Å². The number of nitrogens with one attached hydrogen (secondary N) is 1. The molecule has 0 aliphatic heterocycles. The van der Waals surface area contributed by atoms with E-state index in [0.717, 1.165) is 24.0 Å². The molecule has 0 heterocycles. The van der Waals surface area contributed by atoms with Gasteiger partial charge in [0.15, 0.2) is 6.61 Å². The van der Waals surface area contributed by atoms with Crippen LogP contribution in [0.3, 0.4) is 0 Å². The van der Waals surface area contributed by atoms with Crippen molar-refractivity contribution in [2.75, 3.05) is 13.2 Å². The van der Waals surface area contributed by atoms with Gasteiger partial charge in [-0.2, -0.15) is 0 Å². The lowest BCUT2D eigenvalue weighted by Crippen LogP contribution is -2.49. The first-order chi connectivity index (χ1) is 13.9. The number of halogens is 1. The molecule has 6 heteroatoms. The summed E-state index contributed by atoms with van der Waals surface area (Å²) in [4.78, 5) is 27.1. The first kappa shape index (κ1) is 22.8. The fraction of sp³-hybridized carbons (Fsp3) is 0.391. The zero-order chi connectivity index (χ0) is 21.2. The highest BCUT2D eigenvalue weighted by molar-refractivity contribution is 6.31. The van der Waals surface area contributed by atoms with E-state index < -0.39 is 6.04 Å². The molecule has 156 valence electrons. The summed E-state index contributed by atoms with van der Waals surface area (Å²) in [5.74, 6) is 0.162. The van der Waals surface area contributed by atoms with Gasteiger partial charge in [-0.05, 0) is 49.6 Å². The maximum atomic E-state index is 13.0. The van der Waals surface area contributed by atoms with Crippen molar-refractivity contribution in [3.63, 3.8) is 0 Å². The lowest BCUT2D eigenvalue weighted by atomic mass is 10.1. The molecule has 0 aliphatic rings. The molecule has 0 radical (unpaired) electrons. The van der Waals surface area contributed by atoms with E-state index in [4.69, 9.17) is 16.3 Å². The van der Waals surface area contributed by atoms with Crippen LogP contribution in [-0.2, 0) is 16.1 Å². The Morgan fingerprint density at radius 1 is 1.17 bits per heavy atom. The highest BCUT2D eigenvalue weighted by Crippen LogP contribution is 2.19. The van der Waals surface area contributed by atoms with Crippen molar-refractivity contribution < 1.29 is 14.3 Å². The minimum Gasteiger partial charge on any atom is -0.484 e. The minimum atomic E-state index is -0.642. The lowest BCUT2D eigenvalue weighted by molar-refractivity contribution is -0.142. The molecule has 0 bridgehead atoms. The minimum absolute atomic E-state index is 0.152. The number of rotatable bonds is 10. The number of carbonyl (C=O) groups excluding carboxylic acids is 2. The number of ether oxygens (including phenoxy) is 1. The maximum absolute atomic E-state index is 13.0. The molecule has 2 aromatic carbocycles. The van der Waals surface area contributed by atoms with E-state index in [1.165, 1.54) is 4.90 Å². The summed E-state index contributed by atoms with van der Waals surface area (Å²) in [5.41, 5.74) is 1.83. The largest absolute Gasteiger partial charge is 0.484 e. The summed E-state index contributed by atoms with van der Waals surface area (Å²) >= 11 is 6.28.